The van der Waals surface area contributed by atoms with E-state index < -0.39 is 18.0 Å². The lowest BCUT2D eigenvalue weighted by Gasteiger charge is -2.39. The van der Waals surface area contributed by atoms with Crippen LogP contribution in [0.2, 0.25) is 0 Å². The predicted octanol–water partition coefficient (Wildman–Crippen LogP) is 2.15. The number of hydrogen-bond donors (Lipinski definition) is 4. The van der Waals surface area contributed by atoms with E-state index in [0.29, 0.717) is 0 Å². The second-order valence-corrected chi connectivity index (χ2v) is 5.40. The van der Waals surface area contributed by atoms with Crippen molar-refractivity contribution in [2.24, 2.45) is 0 Å². The second-order valence-electron chi connectivity index (χ2n) is 5.40. The highest BCUT2D eigenvalue weighted by Crippen LogP contribution is 2.30. The number of carboxylic acids is 2. The van der Waals surface area contributed by atoms with Crippen LogP contribution in [0.1, 0.15) is 46.9 Å². The summed E-state index contributed by atoms with van der Waals surface area (Å²) in [5.74, 6) is -2.51. The molecule has 1 fully saturated rings. The van der Waals surface area contributed by atoms with Crippen molar-refractivity contribution >= 4 is 23.7 Å². The molecule has 0 unspecified atom stereocenters. The molecule has 2 rings (SSSR count). The molecule has 2 amide bonds. The standard InChI is InChI=1S/C14H16N2O5/c1-14(3-2-4-14)16-13(21)15-10-6-8(11(17)18)5-9(7-10)12(19)20/h5-7H,2-4H2,1H3,(H,17,18)(H,19,20)(H2,15,16,21). The van der Waals surface area contributed by atoms with E-state index in [0.717, 1.165) is 25.3 Å². The first-order valence-corrected chi connectivity index (χ1v) is 6.50. The summed E-state index contributed by atoms with van der Waals surface area (Å²) >= 11 is 0. The first kappa shape index (κ1) is 14.8. The Morgan fingerprint density at radius 3 is 1.95 bits per heavy atom. The molecular weight excluding hydrogens is 276 g/mol. The van der Waals surface area contributed by atoms with Crippen LogP contribution in [0.15, 0.2) is 18.2 Å². The molecule has 1 saturated carbocycles. The van der Waals surface area contributed by atoms with E-state index >= 15 is 0 Å². The van der Waals surface area contributed by atoms with Crippen molar-refractivity contribution < 1.29 is 24.6 Å². The zero-order chi connectivity index (χ0) is 15.6. The third-order valence-corrected chi connectivity index (χ3v) is 3.56. The highest BCUT2D eigenvalue weighted by molar-refractivity contribution is 5.98. The summed E-state index contributed by atoms with van der Waals surface area (Å²) < 4.78 is 0. The number of anilines is 1. The summed E-state index contributed by atoms with van der Waals surface area (Å²) in [6.07, 6.45) is 2.82. The van der Waals surface area contributed by atoms with Gasteiger partial charge in [0.25, 0.3) is 0 Å². The van der Waals surface area contributed by atoms with Crippen LogP contribution in [0.4, 0.5) is 10.5 Å². The fraction of sp³-hybridized carbons (Fsp3) is 0.357. The Morgan fingerprint density at radius 1 is 1.05 bits per heavy atom. The molecule has 0 heterocycles. The van der Waals surface area contributed by atoms with Gasteiger partial charge in [0, 0.05) is 11.2 Å². The van der Waals surface area contributed by atoms with Gasteiger partial charge >= 0.3 is 18.0 Å². The molecule has 0 aliphatic heterocycles. The Labute approximate surface area is 121 Å². The van der Waals surface area contributed by atoms with Gasteiger partial charge in [-0.2, -0.15) is 0 Å². The maximum absolute atomic E-state index is 11.9. The molecule has 1 aliphatic carbocycles. The molecule has 0 spiro atoms. The number of hydrogen-bond acceptors (Lipinski definition) is 3. The Kier molecular flexibility index (Phi) is 3.84. The number of amides is 2. The van der Waals surface area contributed by atoms with Crippen molar-refractivity contribution in [2.75, 3.05) is 5.32 Å². The van der Waals surface area contributed by atoms with Crippen LogP contribution in [-0.2, 0) is 0 Å². The fourth-order valence-electron chi connectivity index (χ4n) is 2.22. The lowest BCUT2D eigenvalue weighted by Crippen LogP contribution is -2.52. The third-order valence-electron chi connectivity index (χ3n) is 3.56. The van der Waals surface area contributed by atoms with E-state index in [1.165, 1.54) is 12.1 Å². The highest BCUT2D eigenvalue weighted by Gasteiger charge is 2.33. The number of carbonyl (C=O) groups is 3. The largest absolute Gasteiger partial charge is 0.478 e. The third kappa shape index (κ3) is 3.50. The monoisotopic (exact) mass is 292 g/mol. The zero-order valence-corrected chi connectivity index (χ0v) is 11.5. The lowest BCUT2D eigenvalue weighted by molar-refractivity contribution is 0.0696. The van der Waals surface area contributed by atoms with E-state index in [4.69, 9.17) is 10.2 Å². The highest BCUT2D eigenvalue weighted by atomic mass is 16.4. The second kappa shape index (κ2) is 5.43. The fourth-order valence-corrected chi connectivity index (χ4v) is 2.22. The minimum absolute atomic E-state index is 0.132. The SMILES string of the molecule is CC1(NC(=O)Nc2cc(C(=O)O)cc(C(=O)O)c2)CCC1. The smallest absolute Gasteiger partial charge is 0.335 e. The minimum Gasteiger partial charge on any atom is -0.478 e. The van der Waals surface area contributed by atoms with Gasteiger partial charge in [-0.25, -0.2) is 14.4 Å². The minimum atomic E-state index is -1.26. The zero-order valence-electron chi connectivity index (χ0n) is 11.5. The number of benzene rings is 1. The average molecular weight is 292 g/mol. The summed E-state index contributed by atoms with van der Waals surface area (Å²) in [7, 11) is 0. The van der Waals surface area contributed by atoms with Crippen molar-refractivity contribution in [3.8, 4) is 0 Å². The van der Waals surface area contributed by atoms with Gasteiger partial charge in [-0.3, -0.25) is 0 Å². The van der Waals surface area contributed by atoms with E-state index in [1.807, 2.05) is 6.92 Å². The molecule has 0 atom stereocenters. The number of aromatic carboxylic acids is 2. The van der Waals surface area contributed by atoms with Gasteiger partial charge in [0.15, 0.2) is 0 Å². The van der Waals surface area contributed by atoms with Crippen LogP contribution >= 0.6 is 0 Å². The summed E-state index contributed by atoms with van der Waals surface area (Å²) in [6.45, 7) is 1.92. The van der Waals surface area contributed by atoms with Crippen LogP contribution in [0, 0.1) is 0 Å². The quantitative estimate of drug-likeness (QED) is 0.678. The molecule has 112 valence electrons. The Balaban J connectivity index is 2.16. The van der Waals surface area contributed by atoms with E-state index in [2.05, 4.69) is 10.6 Å². The number of carboxylic acid groups (broad SMARTS) is 2. The summed E-state index contributed by atoms with van der Waals surface area (Å²) in [6, 6.07) is 3.01. The van der Waals surface area contributed by atoms with E-state index in [1.54, 1.807) is 0 Å². The lowest BCUT2D eigenvalue weighted by atomic mass is 9.79. The van der Waals surface area contributed by atoms with Gasteiger partial charge in [-0.1, -0.05) is 0 Å². The van der Waals surface area contributed by atoms with Crippen LogP contribution in [0.5, 0.6) is 0 Å². The number of rotatable bonds is 4. The van der Waals surface area contributed by atoms with Gasteiger partial charge in [0.05, 0.1) is 11.1 Å². The van der Waals surface area contributed by atoms with Gasteiger partial charge in [-0.15, -0.1) is 0 Å². The molecule has 7 nitrogen and oxygen atoms in total. The molecular formula is C14H16N2O5. The topological polar surface area (TPSA) is 116 Å². The summed E-state index contributed by atoms with van der Waals surface area (Å²) in [5, 5.41) is 23.2. The number of urea groups is 1. The van der Waals surface area contributed by atoms with Crippen molar-refractivity contribution in [2.45, 2.75) is 31.7 Å². The molecule has 4 N–H and O–H groups in total. The molecule has 0 bridgehead atoms. The molecule has 7 heteroatoms. The van der Waals surface area contributed by atoms with Gasteiger partial charge in [-0.05, 0) is 44.4 Å². The average Bonchev–Trinajstić information content (AvgIpc) is 2.36. The molecule has 0 saturated heterocycles. The van der Waals surface area contributed by atoms with Crippen LogP contribution < -0.4 is 10.6 Å². The Hall–Kier alpha value is -2.57. The molecule has 1 aliphatic rings. The molecule has 0 radical (unpaired) electrons. The normalized spacial score (nSPS) is 15.7. The van der Waals surface area contributed by atoms with Crippen LogP contribution in [0.25, 0.3) is 0 Å². The number of nitrogens with one attached hydrogen (secondary N) is 2. The van der Waals surface area contributed by atoms with Gasteiger partial charge in [0.2, 0.25) is 0 Å². The molecule has 1 aromatic carbocycles. The maximum Gasteiger partial charge on any atom is 0.335 e. The van der Waals surface area contributed by atoms with Crippen LogP contribution in [-0.4, -0.2) is 33.7 Å². The maximum atomic E-state index is 11.9. The van der Waals surface area contributed by atoms with E-state index in [9.17, 15) is 14.4 Å². The molecule has 0 aromatic heterocycles. The first-order chi connectivity index (χ1) is 9.79. The van der Waals surface area contributed by atoms with Crippen molar-refractivity contribution in [1.29, 1.82) is 0 Å². The van der Waals surface area contributed by atoms with E-state index in [-0.39, 0.29) is 22.4 Å². The van der Waals surface area contributed by atoms with Crippen molar-refractivity contribution in [3.05, 3.63) is 29.3 Å². The van der Waals surface area contributed by atoms with Crippen molar-refractivity contribution in [1.82, 2.24) is 5.32 Å². The Bertz CT molecular complexity index is 575. The van der Waals surface area contributed by atoms with Crippen LogP contribution in [0.3, 0.4) is 0 Å². The van der Waals surface area contributed by atoms with Gasteiger partial charge < -0.3 is 20.8 Å². The molecule has 1 aromatic rings. The van der Waals surface area contributed by atoms with Crippen molar-refractivity contribution in [3.63, 3.8) is 0 Å². The van der Waals surface area contributed by atoms with Gasteiger partial charge in [0.1, 0.15) is 0 Å². The Morgan fingerprint density at radius 2 is 1.57 bits per heavy atom. The molecule has 21 heavy (non-hydrogen) atoms. The first-order valence-electron chi connectivity index (χ1n) is 6.50. The number of carbonyl (C=O) groups excluding carboxylic acids is 1. The summed E-state index contributed by atoms with van der Waals surface area (Å²) in [4.78, 5) is 33.8. The predicted molar refractivity (Wildman–Crippen MR) is 74.8 cm³/mol. The summed E-state index contributed by atoms with van der Waals surface area (Å²) in [5.41, 5.74) is -0.503.